The quantitative estimate of drug-likeness (QED) is 0.497. The molecule has 0 bridgehead atoms. The van der Waals surface area contributed by atoms with Crippen molar-refractivity contribution in [3.8, 4) is 0 Å². The molecule has 128 valence electrons. The number of benzene rings is 2. The molecule has 25 heavy (non-hydrogen) atoms. The lowest BCUT2D eigenvalue weighted by atomic mass is 9.94. The van der Waals surface area contributed by atoms with Gasteiger partial charge in [0.15, 0.2) is 0 Å². The van der Waals surface area contributed by atoms with Crippen molar-refractivity contribution in [2.24, 2.45) is 0 Å². The van der Waals surface area contributed by atoms with Gasteiger partial charge in [0.05, 0.1) is 16.0 Å². The zero-order chi connectivity index (χ0) is 18.2. The van der Waals surface area contributed by atoms with E-state index in [0.717, 1.165) is 10.0 Å². The van der Waals surface area contributed by atoms with Crippen molar-refractivity contribution in [1.29, 1.82) is 0 Å². The largest absolute Gasteiger partial charge is 0.360 e. The number of amides is 1. The molecule has 0 unspecified atom stereocenters. The van der Waals surface area contributed by atoms with Gasteiger partial charge in [-0.05, 0) is 37.6 Å². The lowest BCUT2D eigenvalue weighted by Gasteiger charge is -2.27. The van der Waals surface area contributed by atoms with Crippen LogP contribution in [0.15, 0.2) is 53.1 Å². The van der Waals surface area contributed by atoms with Gasteiger partial charge in [0, 0.05) is 33.7 Å². The number of carbonyl (C=O) groups is 1. The highest BCUT2D eigenvalue weighted by atomic mass is 79.9. The zero-order valence-corrected chi connectivity index (χ0v) is 15.3. The van der Waals surface area contributed by atoms with E-state index in [1.165, 1.54) is 12.1 Å². The summed E-state index contributed by atoms with van der Waals surface area (Å²) >= 11 is 3.39. The fraction of sp³-hybridized carbons (Fsp3) is 0.167. The standard InChI is InChI=1S/C18H16BrN3O3/c1-18(2,11-3-5-12(19)6-4-11)21-17(23)15-10-20-16-8-7-13(22(24)25)9-14(15)16/h3-10,20H,1-2H3,(H,21,23). The molecule has 0 saturated carbocycles. The van der Waals surface area contributed by atoms with Gasteiger partial charge in [-0.15, -0.1) is 0 Å². The fourth-order valence-corrected chi connectivity index (χ4v) is 2.96. The van der Waals surface area contributed by atoms with E-state index in [4.69, 9.17) is 0 Å². The third kappa shape index (κ3) is 3.41. The monoisotopic (exact) mass is 401 g/mol. The van der Waals surface area contributed by atoms with Crippen LogP contribution in [0.5, 0.6) is 0 Å². The molecule has 0 atom stereocenters. The van der Waals surface area contributed by atoms with E-state index in [0.29, 0.717) is 16.5 Å². The summed E-state index contributed by atoms with van der Waals surface area (Å²) in [6.45, 7) is 3.82. The Bertz CT molecular complexity index is 961. The van der Waals surface area contributed by atoms with Crippen LogP contribution >= 0.6 is 15.9 Å². The lowest BCUT2D eigenvalue weighted by molar-refractivity contribution is -0.384. The van der Waals surface area contributed by atoms with Gasteiger partial charge in [0.1, 0.15) is 0 Å². The van der Waals surface area contributed by atoms with Crippen LogP contribution in [-0.2, 0) is 5.54 Å². The maximum atomic E-state index is 12.7. The smallest absolute Gasteiger partial charge is 0.270 e. The first-order chi connectivity index (χ1) is 11.8. The number of halogens is 1. The topological polar surface area (TPSA) is 88.0 Å². The normalized spacial score (nSPS) is 11.5. The second kappa shape index (κ2) is 6.33. The molecule has 0 radical (unpaired) electrons. The van der Waals surface area contributed by atoms with Crippen LogP contribution in [-0.4, -0.2) is 15.8 Å². The predicted molar refractivity (Wildman–Crippen MR) is 99.6 cm³/mol. The molecule has 7 heteroatoms. The Morgan fingerprint density at radius 3 is 2.52 bits per heavy atom. The molecule has 1 heterocycles. The number of aromatic nitrogens is 1. The Hall–Kier alpha value is -2.67. The van der Waals surface area contributed by atoms with Gasteiger partial charge < -0.3 is 10.3 Å². The minimum Gasteiger partial charge on any atom is -0.360 e. The number of aromatic amines is 1. The second-order valence-corrected chi connectivity index (χ2v) is 7.19. The van der Waals surface area contributed by atoms with E-state index >= 15 is 0 Å². The summed E-state index contributed by atoms with van der Waals surface area (Å²) in [5.74, 6) is -0.292. The fourth-order valence-electron chi connectivity index (χ4n) is 2.70. The number of nitrogens with zero attached hydrogens (tertiary/aromatic N) is 1. The number of H-pyrrole nitrogens is 1. The maximum absolute atomic E-state index is 12.7. The molecule has 1 aromatic heterocycles. The van der Waals surface area contributed by atoms with Crippen LogP contribution in [0.2, 0.25) is 0 Å². The summed E-state index contributed by atoms with van der Waals surface area (Å²) in [5, 5.41) is 14.5. The highest BCUT2D eigenvalue weighted by Crippen LogP contribution is 2.26. The van der Waals surface area contributed by atoms with E-state index in [1.807, 2.05) is 38.1 Å². The molecule has 3 aromatic rings. The molecular formula is C18H16BrN3O3. The first-order valence-electron chi connectivity index (χ1n) is 7.62. The van der Waals surface area contributed by atoms with Gasteiger partial charge >= 0.3 is 0 Å². The predicted octanol–water partition coefficient (Wildman–Crippen LogP) is 4.50. The summed E-state index contributed by atoms with van der Waals surface area (Å²) < 4.78 is 0.960. The Balaban J connectivity index is 1.92. The number of nitro benzene ring substituents is 1. The van der Waals surface area contributed by atoms with E-state index in [-0.39, 0.29) is 11.6 Å². The van der Waals surface area contributed by atoms with Crippen LogP contribution in [0.25, 0.3) is 10.9 Å². The van der Waals surface area contributed by atoms with Crippen molar-refractivity contribution >= 4 is 38.4 Å². The first kappa shape index (κ1) is 17.2. The second-order valence-electron chi connectivity index (χ2n) is 6.28. The van der Waals surface area contributed by atoms with Crippen LogP contribution in [0.4, 0.5) is 5.69 Å². The number of carbonyl (C=O) groups excluding carboxylic acids is 1. The average Bonchev–Trinajstić information content (AvgIpc) is 2.98. The molecule has 0 spiro atoms. The van der Waals surface area contributed by atoms with Crippen molar-refractivity contribution in [2.75, 3.05) is 0 Å². The Morgan fingerprint density at radius 2 is 1.88 bits per heavy atom. The molecule has 6 nitrogen and oxygen atoms in total. The molecule has 0 saturated heterocycles. The minimum absolute atomic E-state index is 0.0479. The molecule has 3 rings (SSSR count). The van der Waals surface area contributed by atoms with Crippen molar-refractivity contribution in [3.63, 3.8) is 0 Å². The van der Waals surface area contributed by atoms with Gasteiger partial charge in [-0.25, -0.2) is 0 Å². The first-order valence-corrected chi connectivity index (χ1v) is 8.41. The van der Waals surface area contributed by atoms with Crippen LogP contribution < -0.4 is 5.32 Å². The van der Waals surface area contributed by atoms with Crippen LogP contribution in [0, 0.1) is 10.1 Å². The number of rotatable bonds is 4. The Labute approximate surface area is 152 Å². The number of hydrogen-bond acceptors (Lipinski definition) is 3. The lowest BCUT2D eigenvalue weighted by Crippen LogP contribution is -2.40. The van der Waals surface area contributed by atoms with Gasteiger partial charge in [0.2, 0.25) is 0 Å². The van der Waals surface area contributed by atoms with Crippen LogP contribution in [0.1, 0.15) is 29.8 Å². The number of nitro groups is 1. The van der Waals surface area contributed by atoms with E-state index in [9.17, 15) is 14.9 Å². The number of non-ortho nitro benzene ring substituents is 1. The van der Waals surface area contributed by atoms with Crippen LogP contribution in [0.3, 0.4) is 0 Å². The third-order valence-corrected chi connectivity index (χ3v) is 4.64. The summed E-state index contributed by atoms with van der Waals surface area (Å²) in [7, 11) is 0. The van der Waals surface area contributed by atoms with Crippen molar-refractivity contribution < 1.29 is 9.72 Å². The SMILES string of the molecule is CC(C)(NC(=O)c1c[nH]c2ccc([N+](=O)[O-])cc12)c1ccc(Br)cc1. The molecule has 2 aromatic carbocycles. The van der Waals surface area contributed by atoms with E-state index in [1.54, 1.807) is 12.3 Å². The summed E-state index contributed by atoms with van der Waals surface area (Å²) in [6, 6.07) is 12.1. The van der Waals surface area contributed by atoms with Gasteiger partial charge in [-0.3, -0.25) is 14.9 Å². The molecular weight excluding hydrogens is 386 g/mol. The molecule has 0 fully saturated rings. The summed E-state index contributed by atoms with van der Waals surface area (Å²) in [4.78, 5) is 26.2. The highest BCUT2D eigenvalue weighted by Gasteiger charge is 2.25. The van der Waals surface area contributed by atoms with Crippen molar-refractivity contribution in [3.05, 3.63) is 74.4 Å². The average molecular weight is 402 g/mol. The van der Waals surface area contributed by atoms with Crippen molar-refractivity contribution in [2.45, 2.75) is 19.4 Å². The summed E-state index contributed by atoms with van der Waals surface area (Å²) in [6.07, 6.45) is 1.57. The maximum Gasteiger partial charge on any atom is 0.270 e. The van der Waals surface area contributed by atoms with Gasteiger partial charge in [-0.1, -0.05) is 28.1 Å². The zero-order valence-electron chi connectivity index (χ0n) is 13.7. The van der Waals surface area contributed by atoms with E-state index in [2.05, 4.69) is 26.2 Å². The molecule has 0 aliphatic heterocycles. The Kier molecular flexibility index (Phi) is 4.34. The van der Waals surface area contributed by atoms with Crippen molar-refractivity contribution in [1.82, 2.24) is 10.3 Å². The van der Waals surface area contributed by atoms with Gasteiger partial charge in [0.25, 0.3) is 11.6 Å². The summed E-state index contributed by atoms with van der Waals surface area (Å²) in [5.41, 5.74) is 1.37. The minimum atomic E-state index is -0.595. The molecule has 2 N–H and O–H groups in total. The molecule has 0 aliphatic carbocycles. The number of nitrogens with one attached hydrogen (secondary N) is 2. The molecule has 1 amide bonds. The highest BCUT2D eigenvalue weighted by molar-refractivity contribution is 9.10. The number of hydrogen-bond donors (Lipinski definition) is 2. The number of fused-ring (bicyclic) bond motifs is 1. The third-order valence-electron chi connectivity index (χ3n) is 4.11. The van der Waals surface area contributed by atoms with E-state index < -0.39 is 10.5 Å². The Morgan fingerprint density at radius 1 is 1.20 bits per heavy atom. The van der Waals surface area contributed by atoms with Gasteiger partial charge in [-0.2, -0.15) is 0 Å². The molecule has 0 aliphatic rings.